The smallest absolute Gasteiger partial charge is 0.207 e. The summed E-state index contributed by atoms with van der Waals surface area (Å²) in [6, 6.07) is 8.97. The van der Waals surface area contributed by atoms with Crippen molar-refractivity contribution in [2.24, 2.45) is 5.92 Å². The third-order valence-corrected chi connectivity index (χ3v) is 6.27. The zero-order chi connectivity index (χ0) is 15.6. The SMILES string of the molecule is Cc1ccc(Br)cc1S(=O)(=O)NC(c1cccs1)C(C)C. The minimum Gasteiger partial charge on any atom is -0.207 e. The third-order valence-electron chi connectivity index (χ3n) is 3.24. The normalized spacial score (nSPS) is 13.6. The van der Waals surface area contributed by atoms with Gasteiger partial charge in [0.15, 0.2) is 0 Å². The number of thiophene rings is 1. The zero-order valence-corrected chi connectivity index (χ0v) is 15.3. The minimum absolute atomic E-state index is 0.172. The summed E-state index contributed by atoms with van der Waals surface area (Å²) in [4.78, 5) is 1.35. The van der Waals surface area contributed by atoms with Crippen LogP contribution in [0.4, 0.5) is 0 Å². The van der Waals surface area contributed by atoms with Crippen LogP contribution in [0.1, 0.15) is 30.3 Å². The van der Waals surface area contributed by atoms with E-state index in [1.807, 2.05) is 37.4 Å². The molecule has 0 saturated heterocycles. The molecule has 1 aromatic heterocycles. The predicted octanol–water partition coefficient (Wildman–Crippen LogP) is 4.49. The fraction of sp³-hybridized carbons (Fsp3) is 0.333. The van der Waals surface area contributed by atoms with Crippen molar-refractivity contribution in [1.82, 2.24) is 4.72 Å². The molecule has 1 unspecified atom stereocenters. The second-order valence-corrected chi connectivity index (χ2v) is 8.85. The number of hydrogen-bond acceptors (Lipinski definition) is 3. The van der Waals surface area contributed by atoms with Crippen molar-refractivity contribution >= 4 is 37.3 Å². The van der Waals surface area contributed by atoms with E-state index in [-0.39, 0.29) is 12.0 Å². The first-order chi connectivity index (χ1) is 9.81. The summed E-state index contributed by atoms with van der Waals surface area (Å²) in [6.45, 7) is 5.83. The molecule has 0 aliphatic carbocycles. The molecule has 0 amide bonds. The Morgan fingerprint density at radius 1 is 1.24 bits per heavy atom. The molecular weight excluding hydrogens is 370 g/mol. The molecule has 3 nitrogen and oxygen atoms in total. The van der Waals surface area contributed by atoms with E-state index in [2.05, 4.69) is 20.7 Å². The molecule has 21 heavy (non-hydrogen) atoms. The van der Waals surface area contributed by atoms with E-state index in [4.69, 9.17) is 0 Å². The number of nitrogens with one attached hydrogen (secondary N) is 1. The van der Waals surface area contributed by atoms with E-state index in [0.29, 0.717) is 4.90 Å². The number of halogens is 1. The van der Waals surface area contributed by atoms with Gasteiger partial charge in [-0.15, -0.1) is 11.3 Å². The van der Waals surface area contributed by atoms with Crippen LogP contribution in [-0.4, -0.2) is 8.42 Å². The molecule has 1 atom stereocenters. The first kappa shape index (κ1) is 16.7. The molecule has 6 heteroatoms. The van der Waals surface area contributed by atoms with Gasteiger partial charge >= 0.3 is 0 Å². The Labute approximate surface area is 138 Å². The molecule has 1 aromatic carbocycles. The van der Waals surface area contributed by atoms with Crippen molar-refractivity contribution in [2.75, 3.05) is 0 Å². The van der Waals surface area contributed by atoms with Crippen LogP contribution in [0.3, 0.4) is 0 Å². The first-order valence-corrected chi connectivity index (χ1v) is 9.78. The van der Waals surface area contributed by atoms with Crippen LogP contribution in [0.15, 0.2) is 45.1 Å². The monoisotopic (exact) mass is 387 g/mol. The lowest BCUT2D eigenvalue weighted by Crippen LogP contribution is -2.31. The van der Waals surface area contributed by atoms with Crippen LogP contribution in [0.2, 0.25) is 0 Å². The fourth-order valence-electron chi connectivity index (χ4n) is 2.08. The third kappa shape index (κ3) is 3.94. The highest BCUT2D eigenvalue weighted by Gasteiger charge is 2.25. The van der Waals surface area contributed by atoms with Gasteiger partial charge in [-0.2, -0.15) is 0 Å². The molecule has 2 rings (SSSR count). The van der Waals surface area contributed by atoms with Crippen molar-refractivity contribution < 1.29 is 8.42 Å². The highest BCUT2D eigenvalue weighted by atomic mass is 79.9. The van der Waals surface area contributed by atoms with Crippen molar-refractivity contribution in [2.45, 2.75) is 31.7 Å². The Hall–Kier alpha value is -0.690. The lowest BCUT2D eigenvalue weighted by molar-refractivity contribution is 0.468. The largest absolute Gasteiger partial charge is 0.241 e. The van der Waals surface area contributed by atoms with Crippen LogP contribution in [-0.2, 0) is 10.0 Å². The Kier molecular flexibility index (Phi) is 5.24. The molecule has 0 aliphatic rings. The summed E-state index contributed by atoms with van der Waals surface area (Å²) < 4.78 is 29.0. The average Bonchev–Trinajstić information content (AvgIpc) is 2.92. The highest BCUT2D eigenvalue weighted by Crippen LogP contribution is 2.29. The van der Waals surface area contributed by atoms with E-state index in [1.54, 1.807) is 30.4 Å². The van der Waals surface area contributed by atoms with E-state index in [0.717, 1.165) is 14.9 Å². The zero-order valence-electron chi connectivity index (χ0n) is 12.1. The Bertz CT molecular complexity index is 709. The van der Waals surface area contributed by atoms with E-state index in [1.165, 1.54) is 0 Å². The molecular formula is C15H18BrNO2S2. The van der Waals surface area contributed by atoms with Gasteiger partial charge in [0.05, 0.1) is 10.9 Å². The van der Waals surface area contributed by atoms with Crippen molar-refractivity contribution in [1.29, 1.82) is 0 Å². The van der Waals surface area contributed by atoms with Gasteiger partial charge in [0.2, 0.25) is 10.0 Å². The van der Waals surface area contributed by atoms with Crippen LogP contribution in [0, 0.1) is 12.8 Å². The molecule has 1 N–H and O–H groups in total. The van der Waals surface area contributed by atoms with Gasteiger partial charge in [-0.25, -0.2) is 13.1 Å². The highest BCUT2D eigenvalue weighted by molar-refractivity contribution is 9.10. The van der Waals surface area contributed by atoms with Crippen molar-refractivity contribution in [3.8, 4) is 0 Å². The predicted molar refractivity (Wildman–Crippen MR) is 91.1 cm³/mol. The molecule has 0 bridgehead atoms. The first-order valence-electron chi connectivity index (χ1n) is 6.63. The fourth-order valence-corrected chi connectivity index (χ4v) is 5.26. The summed E-state index contributed by atoms with van der Waals surface area (Å²) in [7, 11) is -3.56. The number of rotatable bonds is 5. The number of benzene rings is 1. The molecule has 0 fully saturated rings. The molecule has 0 saturated carbocycles. The van der Waals surface area contributed by atoms with E-state index in [9.17, 15) is 8.42 Å². The molecule has 1 heterocycles. The minimum atomic E-state index is -3.56. The Balaban J connectivity index is 2.37. The maximum Gasteiger partial charge on any atom is 0.241 e. The van der Waals surface area contributed by atoms with Crippen LogP contribution in [0.5, 0.6) is 0 Å². The van der Waals surface area contributed by atoms with Crippen molar-refractivity contribution in [3.05, 3.63) is 50.6 Å². The Morgan fingerprint density at radius 2 is 1.95 bits per heavy atom. The van der Waals surface area contributed by atoms with Gasteiger partial charge in [-0.1, -0.05) is 41.9 Å². The maximum atomic E-state index is 12.7. The molecule has 2 aromatic rings. The summed E-state index contributed by atoms with van der Waals surface area (Å²) in [5.41, 5.74) is 0.736. The van der Waals surface area contributed by atoms with Gasteiger partial charge in [-0.3, -0.25) is 0 Å². The summed E-state index contributed by atoms with van der Waals surface area (Å²) in [5.74, 6) is 0.172. The number of aryl methyl sites for hydroxylation is 1. The van der Waals surface area contributed by atoms with Gasteiger partial charge in [0, 0.05) is 9.35 Å². The van der Waals surface area contributed by atoms with E-state index >= 15 is 0 Å². The van der Waals surface area contributed by atoms with Crippen LogP contribution in [0.25, 0.3) is 0 Å². The number of hydrogen-bond donors (Lipinski definition) is 1. The molecule has 0 radical (unpaired) electrons. The molecule has 114 valence electrons. The second-order valence-electron chi connectivity index (χ2n) is 5.27. The standard InChI is InChI=1S/C15H18BrNO2S2/c1-10(2)15(13-5-4-8-20-13)17-21(18,19)14-9-12(16)7-6-11(14)3/h4-10,15,17H,1-3H3. The quantitative estimate of drug-likeness (QED) is 0.820. The van der Waals surface area contributed by atoms with Crippen LogP contribution >= 0.6 is 27.3 Å². The summed E-state index contributed by atoms with van der Waals surface area (Å²) >= 11 is 4.90. The lowest BCUT2D eigenvalue weighted by atomic mass is 10.0. The van der Waals surface area contributed by atoms with Gasteiger partial charge in [0.1, 0.15) is 0 Å². The molecule has 0 spiro atoms. The topological polar surface area (TPSA) is 46.2 Å². The van der Waals surface area contributed by atoms with Gasteiger partial charge < -0.3 is 0 Å². The van der Waals surface area contributed by atoms with Crippen molar-refractivity contribution in [3.63, 3.8) is 0 Å². The van der Waals surface area contributed by atoms with Crippen LogP contribution < -0.4 is 4.72 Å². The summed E-state index contributed by atoms with van der Waals surface area (Å²) in [6.07, 6.45) is 0. The maximum absolute atomic E-state index is 12.7. The second kappa shape index (κ2) is 6.60. The average molecular weight is 388 g/mol. The van der Waals surface area contributed by atoms with E-state index < -0.39 is 10.0 Å². The molecule has 0 aliphatic heterocycles. The lowest BCUT2D eigenvalue weighted by Gasteiger charge is -2.21. The van der Waals surface area contributed by atoms with Gasteiger partial charge in [0.25, 0.3) is 0 Å². The van der Waals surface area contributed by atoms with Gasteiger partial charge in [-0.05, 0) is 42.0 Å². The summed E-state index contributed by atoms with van der Waals surface area (Å²) in [5, 5.41) is 1.96. The Morgan fingerprint density at radius 3 is 2.52 bits per heavy atom. The number of sulfonamides is 1.